The van der Waals surface area contributed by atoms with E-state index in [0.717, 1.165) is 31.9 Å². The third kappa shape index (κ3) is 2.95. The standard InChI is InChI=1S/C15H17F2N3O/c1-9-7-10(12(17)8-11(9)16)15-19-14(20-21-15)13-5-3-2-4-6-18-13/h7-8,13,18H,2-6H2,1H3. The monoisotopic (exact) mass is 293 g/mol. The molecule has 1 aromatic carbocycles. The molecule has 0 spiro atoms. The van der Waals surface area contributed by atoms with Gasteiger partial charge in [0.05, 0.1) is 11.6 Å². The Morgan fingerprint density at radius 3 is 2.90 bits per heavy atom. The number of aromatic nitrogens is 2. The molecule has 0 saturated carbocycles. The summed E-state index contributed by atoms with van der Waals surface area (Å²) in [4.78, 5) is 4.27. The smallest absolute Gasteiger partial charge is 0.260 e. The maximum absolute atomic E-state index is 13.8. The number of hydrogen-bond acceptors (Lipinski definition) is 4. The maximum atomic E-state index is 13.8. The van der Waals surface area contributed by atoms with Gasteiger partial charge in [-0.05, 0) is 37.9 Å². The Morgan fingerprint density at radius 2 is 2.05 bits per heavy atom. The van der Waals surface area contributed by atoms with E-state index in [9.17, 15) is 8.78 Å². The van der Waals surface area contributed by atoms with Crippen molar-refractivity contribution < 1.29 is 13.3 Å². The van der Waals surface area contributed by atoms with E-state index in [1.54, 1.807) is 6.92 Å². The first-order valence-electron chi connectivity index (χ1n) is 7.18. The van der Waals surface area contributed by atoms with Crippen LogP contribution in [0.1, 0.15) is 43.1 Å². The van der Waals surface area contributed by atoms with Gasteiger partial charge in [0.25, 0.3) is 5.89 Å². The molecule has 1 aliphatic heterocycles. The van der Waals surface area contributed by atoms with Crippen LogP contribution in [0.25, 0.3) is 11.5 Å². The predicted molar refractivity (Wildman–Crippen MR) is 73.6 cm³/mol. The van der Waals surface area contributed by atoms with Gasteiger partial charge in [0, 0.05) is 6.07 Å². The van der Waals surface area contributed by atoms with E-state index < -0.39 is 11.6 Å². The van der Waals surface area contributed by atoms with Crippen molar-refractivity contribution in [1.29, 1.82) is 0 Å². The molecule has 6 heteroatoms. The first-order valence-corrected chi connectivity index (χ1v) is 7.18. The van der Waals surface area contributed by atoms with E-state index in [1.165, 1.54) is 12.5 Å². The summed E-state index contributed by atoms with van der Waals surface area (Å²) in [6.45, 7) is 2.49. The van der Waals surface area contributed by atoms with E-state index >= 15 is 0 Å². The van der Waals surface area contributed by atoms with Crippen LogP contribution in [0.15, 0.2) is 16.7 Å². The molecule has 1 unspecified atom stereocenters. The second kappa shape index (κ2) is 5.89. The largest absolute Gasteiger partial charge is 0.334 e. The molecule has 1 N–H and O–H groups in total. The van der Waals surface area contributed by atoms with Crippen molar-refractivity contribution >= 4 is 0 Å². The molecule has 21 heavy (non-hydrogen) atoms. The second-order valence-corrected chi connectivity index (χ2v) is 5.40. The second-order valence-electron chi connectivity index (χ2n) is 5.40. The highest BCUT2D eigenvalue weighted by molar-refractivity contribution is 5.55. The maximum Gasteiger partial charge on any atom is 0.260 e. The highest BCUT2D eigenvalue weighted by Gasteiger charge is 2.21. The Kier molecular flexibility index (Phi) is 3.96. The fraction of sp³-hybridized carbons (Fsp3) is 0.467. The van der Waals surface area contributed by atoms with Gasteiger partial charge in [-0.3, -0.25) is 0 Å². The summed E-state index contributed by atoms with van der Waals surface area (Å²) < 4.78 is 32.3. The summed E-state index contributed by atoms with van der Waals surface area (Å²) in [5.74, 6) is -0.645. The number of nitrogens with zero attached hydrogens (tertiary/aromatic N) is 2. The van der Waals surface area contributed by atoms with Gasteiger partial charge in [0.1, 0.15) is 11.6 Å². The van der Waals surface area contributed by atoms with E-state index in [0.29, 0.717) is 11.4 Å². The lowest BCUT2D eigenvalue weighted by Crippen LogP contribution is -2.21. The minimum Gasteiger partial charge on any atom is -0.334 e. The van der Waals surface area contributed by atoms with E-state index in [1.807, 2.05) is 0 Å². The minimum absolute atomic E-state index is 0.0367. The highest BCUT2D eigenvalue weighted by atomic mass is 19.1. The van der Waals surface area contributed by atoms with Crippen molar-refractivity contribution in [3.63, 3.8) is 0 Å². The van der Waals surface area contributed by atoms with Crippen LogP contribution in [0.4, 0.5) is 8.78 Å². The normalized spacial score (nSPS) is 19.5. The third-order valence-corrected chi connectivity index (χ3v) is 3.79. The zero-order valence-electron chi connectivity index (χ0n) is 11.8. The lowest BCUT2D eigenvalue weighted by molar-refractivity contribution is 0.401. The number of aryl methyl sites for hydroxylation is 1. The lowest BCUT2D eigenvalue weighted by Gasteiger charge is -2.09. The molecule has 1 saturated heterocycles. The van der Waals surface area contributed by atoms with Gasteiger partial charge < -0.3 is 9.84 Å². The molecule has 1 aromatic heterocycles. The van der Waals surface area contributed by atoms with Gasteiger partial charge in [-0.25, -0.2) is 8.78 Å². The van der Waals surface area contributed by atoms with Crippen LogP contribution in [0.3, 0.4) is 0 Å². The van der Waals surface area contributed by atoms with Crippen molar-refractivity contribution in [2.75, 3.05) is 6.54 Å². The molecule has 0 amide bonds. The average Bonchev–Trinajstić information content (AvgIpc) is 2.78. The molecule has 0 bridgehead atoms. The van der Waals surface area contributed by atoms with Crippen molar-refractivity contribution in [3.8, 4) is 11.5 Å². The number of benzene rings is 1. The molecular formula is C15H17F2N3O. The average molecular weight is 293 g/mol. The van der Waals surface area contributed by atoms with Crippen LogP contribution in [0.5, 0.6) is 0 Å². The van der Waals surface area contributed by atoms with E-state index in [2.05, 4.69) is 15.5 Å². The summed E-state index contributed by atoms with van der Waals surface area (Å²) in [6, 6.07) is 2.27. The quantitative estimate of drug-likeness (QED) is 0.920. The van der Waals surface area contributed by atoms with Gasteiger partial charge in [0.15, 0.2) is 5.82 Å². The highest BCUT2D eigenvalue weighted by Crippen LogP contribution is 2.27. The van der Waals surface area contributed by atoms with Gasteiger partial charge in [-0.1, -0.05) is 18.0 Å². The van der Waals surface area contributed by atoms with Crippen LogP contribution in [-0.2, 0) is 0 Å². The molecular weight excluding hydrogens is 276 g/mol. The molecule has 0 aliphatic carbocycles. The zero-order chi connectivity index (χ0) is 14.8. The number of rotatable bonds is 2. The van der Waals surface area contributed by atoms with Crippen molar-refractivity contribution in [2.24, 2.45) is 0 Å². The van der Waals surface area contributed by atoms with Crippen molar-refractivity contribution in [3.05, 3.63) is 35.2 Å². The first-order chi connectivity index (χ1) is 10.1. The Morgan fingerprint density at radius 1 is 1.19 bits per heavy atom. The molecule has 3 rings (SSSR count). The number of nitrogens with one attached hydrogen (secondary N) is 1. The lowest BCUT2D eigenvalue weighted by atomic mass is 10.1. The molecule has 1 aliphatic rings. The molecule has 112 valence electrons. The topological polar surface area (TPSA) is 51.0 Å². The van der Waals surface area contributed by atoms with Crippen LogP contribution in [0, 0.1) is 18.6 Å². The molecule has 4 nitrogen and oxygen atoms in total. The Labute approximate surface area is 121 Å². The Hall–Kier alpha value is -1.82. The first kappa shape index (κ1) is 14.1. The Bertz CT molecular complexity index is 634. The number of halogens is 2. The van der Waals surface area contributed by atoms with Gasteiger partial charge in [-0.2, -0.15) is 4.98 Å². The fourth-order valence-corrected chi connectivity index (χ4v) is 2.56. The summed E-state index contributed by atoms with van der Waals surface area (Å²) >= 11 is 0. The summed E-state index contributed by atoms with van der Waals surface area (Å²) in [5.41, 5.74) is 0.486. The van der Waals surface area contributed by atoms with Gasteiger partial charge in [0.2, 0.25) is 0 Å². The van der Waals surface area contributed by atoms with Crippen LogP contribution in [-0.4, -0.2) is 16.7 Å². The van der Waals surface area contributed by atoms with Gasteiger partial charge in [-0.15, -0.1) is 0 Å². The predicted octanol–water partition coefficient (Wildman–Crippen LogP) is 3.53. The van der Waals surface area contributed by atoms with Crippen LogP contribution in [0.2, 0.25) is 0 Å². The van der Waals surface area contributed by atoms with Crippen molar-refractivity contribution in [2.45, 2.75) is 38.6 Å². The SMILES string of the molecule is Cc1cc(-c2nc(C3CCCCCN3)no2)c(F)cc1F. The van der Waals surface area contributed by atoms with Crippen molar-refractivity contribution in [1.82, 2.24) is 15.5 Å². The van der Waals surface area contributed by atoms with E-state index in [4.69, 9.17) is 4.52 Å². The van der Waals surface area contributed by atoms with E-state index in [-0.39, 0.29) is 17.5 Å². The summed E-state index contributed by atoms with van der Waals surface area (Å²) in [7, 11) is 0. The molecule has 1 fully saturated rings. The van der Waals surface area contributed by atoms with Crippen LogP contribution >= 0.6 is 0 Å². The third-order valence-electron chi connectivity index (χ3n) is 3.79. The van der Waals surface area contributed by atoms with Crippen LogP contribution < -0.4 is 5.32 Å². The number of hydrogen-bond donors (Lipinski definition) is 1. The summed E-state index contributed by atoms with van der Waals surface area (Å²) in [5, 5.41) is 7.30. The summed E-state index contributed by atoms with van der Waals surface area (Å²) in [6.07, 6.45) is 4.35. The molecule has 0 radical (unpaired) electrons. The zero-order valence-corrected chi connectivity index (χ0v) is 11.8. The van der Waals surface area contributed by atoms with Gasteiger partial charge >= 0.3 is 0 Å². The molecule has 2 aromatic rings. The Balaban J connectivity index is 1.89. The molecule has 2 heterocycles. The fourth-order valence-electron chi connectivity index (χ4n) is 2.56. The minimum atomic E-state index is -0.692. The molecule has 1 atom stereocenters.